The highest BCUT2D eigenvalue weighted by Crippen LogP contribution is 2.31. The summed E-state index contributed by atoms with van der Waals surface area (Å²) in [6.07, 6.45) is -5.07. The Balaban J connectivity index is 2.24. The number of alkyl halides is 3. The Kier molecular flexibility index (Phi) is 4.74. The quantitative estimate of drug-likeness (QED) is 0.813. The molecule has 112 valence electrons. The Bertz CT molecular complexity index is 638. The topological polar surface area (TPSA) is 20.2 Å². The van der Waals surface area contributed by atoms with Gasteiger partial charge in [-0.05, 0) is 35.7 Å². The van der Waals surface area contributed by atoms with Gasteiger partial charge in [-0.15, -0.1) is 0 Å². The molecule has 2 aromatic carbocycles. The molecule has 0 radical (unpaired) electrons. The van der Waals surface area contributed by atoms with Crippen molar-refractivity contribution in [1.29, 1.82) is 0 Å². The molecule has 0 spiro atoms. The zero-order valence-corrected chi connectivity index (χ0v) is 12.9. The van der Waals surface area contributed by atoms with Gasteiger partial charge in [0.1, 0.15) is 0 Å². The molecule has 5 heteroatoms. The zero-order chi connectivity index (χ0) is 15.6. The fourth-order valence-corrected chi connectivity index (χ4v) is 2.57. The lowest BCUT2D eigenvalue weighted by atomic mass is 9.97. The van der Waals surface area contributed by atoms with Crippen LogP contribution in [0.2, 0.25) is 0 Å². The maximum Gasteiger partial charge on any atom is 0.416 e. The second-order valence-electron chi connectivity index (χ2n) is 4.87. The van der Waals surface area contributed by atoms with Crippen LogP contribution in [0.3, 0.4) is 0 Å². The first kappa shape index (κ1) is 16.0. The highest BCUT2D eigenvalue weighted by atomic mass is 79.9. The van der Waals surface area contributed by atoms with Crippen molar-refractivity contribution in [2.45, 2.75) is 25.6 Å². The molecule has 0 amide bonds. The third-order valence-electron chi connectivity index (χ3n) is 3.35. The van der Waals surface area contributed by atoms with Gasteiger partial charge in [0.25, 0.3) is 0 Å². The number of halogens is 4. The molecule has 1 atom stereocenters. The van der Waals surface area contributed by atoms with Crippen LogP contribution < -0.4 is 0 Å². The molecule has 0 saturated heterocycles. The first-order valence-corrected chi connectivity index (χ1v) is 7.17. The molecule has 0 aliphatic carbocycles. The fourth-order valence-electron chi connectivity index (χ4n) is 2.19. The fraction of sp³-hybridized carbons (Fsp3) is 0.250. The van der Waals surface area contributed by atoms with Crippen LogP contribution in [0.5, 0.6) is 0 Å². The first-order chi connectivity index (χ1) is 9.79. The van der Waals surface area contributed by atoms with Crippen molar-refractivity contribution >= 4 is 15.9 Å². The predicted octanol–water partition coefficient (Wildman–Crippen LogP) is 5.05. The van der Waals surface area contributed by atoms with Gasteiger partial charge >= 0.3 is 6.18 Å². The van der Waals surface area contributed by atoms with Crippen LogP contribution >= 0.6 is 15.9 Å². The van der Waals surface area contributed by atoms with Crippen LogP contribution in [-0.4, -0.2) is 5.11 Å². The number of benzene rings is 2. The van der Waals surface area contributed by atoms with Gasteiger partial charge in [-0.2, -0.15) is 13.2 Å². The number of hydrogen-bond donors (Lipinski definition) is 1. The van der Waals surface area contributed by atoms with Gasteiger partial charge in [-0.1, -0.05) is 46.3 Å². The van der Waals surface area contributed by atoms with Crippen molar-refractivity contribution in [2.24, 2.45) is 0 Å². The molecule has 21 heavy (non-hydrogen) atoms. The molecule has 0 heterocycles. The third-order valence-corrected chi connectivity index (χ3v) is 4.21. The van der Waals surface area contributed by atoms with Gasteiger partial charge in [0.05, 0.1) is 11.7 Å². The maximum atomic E-state index is 12.7. The molecular formula is C16H14BrF3O. The van der Waals surface area contributed by atoms with E-state index in [2.05, 4.69) is 15.9 Å². The van der Waals surface area contributed by atoms with E-state index in [1.807, 2.05) is 13.0 Å². The van der Waals surface area contributed by atoms with E-state index < -0.39 is 17.8 Å². The van der Waals surface area contributed by atoms with Gasteiger partial charge in [-0.25, -0.2) is 0 Å². The Morgan fingerprint density at radius 2 is 1.81 bits per heavy atom. The smallest absolute Gasteiger partial charge is 0.388 e. The minimum atomic E-state index is -4.37. The van der Waals surface area contributed by atoms with Gasteiger partial charge in [0.2, 0.25) is 0 Å². The van der Waals surface area contributed by atoms with Crippen LogP contribution in [0, 0.1) is 6.92 Å². The predicted molar refractivity (Wildman–Crippen MR) is 79.0 cm³/mol. The molecule has 0 fully saturated rings. The number of aliphatic hydroxyl groups excluding tert-OH is 1. The average molecular weight is 359 g/mol. The Morgan fingerprint density at radius 3 is 2.48 bits per heavy atom. The number of aliphatic hydroxyl groups is 1. The molecule has 2 rings (SSSR count). The van der Waals surface area contributed by atoms with Crippen molar-refractivity contribution < 1.29 is 18.3 Å². The SMILES string of the molecule is Cc1c(Br)cccc1C(O)Cc1cccc(C(F)(F)F)c1. The maximum absolute atomic E-state index is 12.7. The Labute approximate surface area is 129 Å². The highest BCUT2D eigenvalue weighted by molar-refractivity contribution is 9.10. The zero-order valence-electron chi connectivity index (χ0n) is 11.3. The Hall–Kier alpha value is -1.33. The van der Waals surface area contributed by atoms with Gasteiger partial charge in [-0.3, -0.25) is 0 Å². The summed E-state index contributed by atoms with van der Waals surface area (Å²) >= 11 is 3.38. The second kappa shape index (κ2) is 6.20. The largest absolute Gasteiger partial charge is 0.416 e. The van der Waals surface area contributed by atoms with Crippen molar-refractivity contribution in [3.63, 3.8) is 0 Å². The summed E-state index contributed by atoms with van der Waals surface area (Å²) in [5.41, 5.74) is 1.36. The van der Waals surface area contributed by atoms with Crippen molar-refractivity contribution in [3.05, 3.63) is 69.2 Å². The second-order valence-corrected chi connectivity index (χ2v) is 5.73. The van der Waals surface area contributed by atoms with E-state index in [0.29, 0.717) is 11.1 Å². The summed E-state index contributed by atoms with van der Waals surface area (Å²) in [5, 5.41) is 10.3. The van der Waals surface area contributed by atoms with E-state index in [-0.39, 0.29) is 6.42 Å². The summed E-state index contributed by atoms with van der Waals surface area (Å²) < 4.78 is 38.9. The summed E-state index contributed by atoms with van der Waals surface area (Å²) in [7, 11) is 0. The molecule has 2 aromatic rings. The molecule has 0 aliphatic rings. The van der Waals surface area contributed by atoms with Gasteiger partial charge in [0.15, 0.2) is 0 Å². The van der Waals surface area contributed by atoms with Crippen LogP contribution in [-0.2, 0) is 12.6 Å². The standard InChI is InChI=1S/C16H14BrF3O/c1-10-13(6-3-7-14(10)17)15(21)9-11-4-2-5-12(8-11)16(18,19)20/h2-8,15,21H,9H2,1H3. The van der Waals surface area contributed by atoms with Crippen molar-refractivity contribution in [3.8, 4) is 0 Å². The minimum Gasteiger partial charge on any atom is -0.388 e. The van der Waals surface area contributed by atoms with E-state index in [1.54, 1.807) is 18.2 Å². The average Bonchev–Trinajstić information content (AvgIpc) is 2.41. The van der Waals surface area contributed by atoms with Crippen LogP contribution in [0.25, 0.3) is 0 Å². The lowest BCUT2D eigenvalue weighted by Gasteiger charge is -2.16. The van der Waals surface area contributed by atoms with Crippen LogP contribution in [0.4, 0.5) is 13.2 Å². The molecule has 0 saturated carbocycles. The summed E-state index contributed by atoms with van der Waals surface area (Å²) in [5.74, 6) is 0. The van der Waals surface area contributed by atoms with Gasteiger partial charge in [0, 0.05) is 10.9 Å². The lowest BCUT2D eigenvalue weighted by molar-refractivity contribution is -0.137. The van der Waals surface area contributed by atoms with E-state index in [9.17, 15) is 18.3 Å². The number of hydrogen-bond acceptors (Lipinski definition) is 1. The third kappa shape index (κ3) is 3.86. The summed E-state index contributed by atoms with van der Waals surface area (Å²) in [6.45, 7) is 1.86. The first-order valence-electron chi connectivity index (χ1n) is 6.38. The molecule has 1 unspecified atom stereocenters. The highest BCUT2D eigenvalue weighted by Gasteiger charge is 2.30. The molecule has 1 N–H and O–H groups in total. The van der Waals surface area contributed by atoms with Crippen molar-refractivity contribution in [1.82, 2.24) is 0 Å². The van der Waals surface area contributed by atoms with Crippen LogP contribution in [0.15, 0.2) is 46.9 Å². The molecule has 0 bridgehead atoms. The van der Waals surface area contributed by atoms with E-state index in [0.717, 1.165) is 22.2 Å². The lowest BCUT2D eigenvalue weighted by Crippen LogP contribution is -2.08. The summed E-state index contributed by atoms with van der Waals surface area (Å²) in [4.78, 5) is 0. The molecule has 1 nitrogen and oxygen atoms in total. The minimum absolute atomic E-state index is 0.140. The Morgan fingerprint density at radius 1 is 1.14 bits per heavy atom. The van der Waals surface area contributed by atoms with E-state index in [4.69, 9.17) is 0 Å². The van der Waals surface area contributed by atoms with Crippen LogP contribution in [0.1, 0.15) is 28.4 Å². The molecule has 0 aliphatic heterocycles. The monoisotopic (exact) mass is 358 g/mol. The molecule has 0 aromatic heterocycles. The number of rotatable bonds is 3. The normalized spacial score (nSPS) is 13.2. The van der Waals surface area contributed by atoms with E-state index >= 15 is 0 Å². The van der Waals surface area contributed by atoms with Gasteiger partial charge < -0.3 is 5.11 Å². The molecular weight excluding hydrogens is 345 g/mol. The van der Waals surface area contributed by atoms with E-state index in [1.165, 1.54) is 6.07 Å². The summed E-state index contributed by atoms with van der Waals surface area (Å²) in [6, 6.07) is 10.5. The van der Waals surface area contributed by atoms with Crippen molar-refractivity contribution in [2.75, 3.05) is 0 Å².